The maximum atomic E-state index is 14.0. The lowest BCUT2D eigenvalue weighted by Gasteiger charge is -2.25. The average molecular weight is 699 g/mol. The molecule has 252 valence electrons. The Kier molecular flexibility index (Phi) is 8.56. The number of benzene rings is 8. The van der Waals surface area contributed by atoms with E-state index in [1.54, 1.807) is 11.3 Å². The quantitative estimate of drug-likeness (QED) is 0.148. The average Bonchev–Trinajstić information content (AvgIpc) is 3.23. The Hall–Kier alpha value is -6.75. The van der Waals surface area contributed by atoms with Crippen LogP contribution in [0.3, 0.4) is 0 Å². The summed E-state index contributed by atoms with van der Waals surface area (Å²) in [6, 6.07) is 71.3. The molecule has 1 heterocycles. The minimum absolute atomic E-state index is 0.0646. The van der Waals surface area contributed by atoms with Crippen molar-refractivity contribution in [2.24, 2.45) is 0 Å². The van der Waals surface area contributed by atoms with Gasteiger partial charge in [-0.25, -0.2) is 0 Å². The van der Waals surface area contributed by atoms with Crippen LogP contribution in [0.15, 0.2) is 211 Å². The molecule has 0 aliphatic carbocycles. The van der Waals surface area contributed by atoms with Gasteiger partial charge >= 0.3 is 0 Å². The van der Waals surface area contributed by atoms with Crippen molar-refractivity contribution in [3.8, 4) is 22.3 Å². The van der Waals surface area contributed by atoms with Crippen LogP contribution in [0.5, 0.6) is 0 Å². The monoisotopic (exact) mass is 698 g/mol. The second-order valence-electron chi connectivity index (χ2n) is 13.0. The summed E-state index contributed by atoms with van der Waals surface area (Å²) in [5.74, 6) is 0. The molecular weight excluding hydrogens is 665 g/mol. The van der Waals surface area contributed by atoms with Gasteiger partial charge in [-0.2, -0.15) is 0 Å². The molecule has 8 aromatic carbocycles. The van der Waals surface area contributed by atoms with Crippen LogP contribution in [0.4, 0.5) is 34.1 Å². The highest BCUT2D eigenvalue weighted by Gasteiger charge is 2.15. The van der Waals surface area contributed by atoms with Crippen LogP contribution < -0.4 is 15.2 Å². The molecule has 0 fully saturated rings. The molecule has 0 aliphatic rings. The van der Waals surface area contributed by atoms with Crippen molar-refractivity contribution in [1.82, 2.24) is 0 Å². The molecule has 4 heteroatoms. The third-order valence-corrected chi connectivity index (χ3v) is 10.8. The second kappa shape index (κ2) is 14.1. The first-order valence-electron chi connectivity index (χ1n) is 17.7. The fraction of sp³-hybridized carbons (Fsp3) is 0. The van der Waals surface area contributed by atoms with Crippen LogP contribution in [0, 0.1) is 0 Å². The van der Waals surface area contributed by atoms with Crippen LogP contribution in [-0.2, 0) is 0 Å². The van der Waals surface area contributed by atoms with E-state index < -0.39 is 0 Å². The largest absolute Gasteiger partial charge is 0.311 e. The van der Waals surface area contributed by atoms with Crippen LogP contribution >= 0.6 is 11.3 Å². The smallest absolute Gasteiger partial charge is 0.195 e. The number of anilines is 6. The van der Waals surface area contributed by atoms with Gasteiger partial charge in [0.15, 0.2) is 5.43 Å². The molecule has 0 aliphatic heterocycles. The Balaban J connectivity index is 1.02. The van der Waals surface area contributed by atoms with Gasteiger partial charge < -0.3 is 9.80 Å². The lowest BCUT2D eigenvalue weighted by atomic mass is 10.0. The summed E-state index contributed by atoms with van der Waals surface area (Å²) in [6.45, 7) is 0. The van der Waals surface area contributed by atoms with Gasteiger partial charge in [-0.1, -0.05) is 109 Å². The maximum Gasteiger partial charge on any atom is 0.195 e. The molecule has 0 radical (unpaired) electrons. The lowest BCUT2D eigenvalue weighted by molar-refractivity contribution is 1.28. The zero-order valence-corrected chi connectivity index (χ0v) is 29.7. The van der Waals surface area contributed by atoms with Crippen LogP contribution in [-0.4, -0.2) is 0 Å². The molecule has 0 N–H and O–H groups in total. The number of para-hydroxylation sites is 4. The summed E-state index contributed by atoms with van der Waals surface area (Å²) in [5.41, 5.74) is 10.9. The van der Waals surface area contributed by atoms with Gasteiger partial charge in [-0.3, -0.25) is 4.79 Å². The number of hydrogen-bond acceptors (Lipinski definition) is 4. The second-order valence-corrected chi connectivity index (χ2v) is 14.0. The van der Waals surface area contributed by atoms with Gasteiger partial charge in [-0.15, -0.1) is 11.3 Å². The van der Waals surface area contributed by atoms with Crippen LogP contribution in [0.25, 0.3) is 42.4 Å². The fourth-order valence-electron chi connectivity index (χ4n) is 7.02. The SMILES string of the molecule is O=c1c2ccc(-c3ccc(N(c4ccccc4)c4ccccc4)cc3)cc2sc2ccc(-c3ccc(N(c4ccccc4)c4ccccc4)cc3)cc12. The van der Waals surface area contributed by atoms with Gasteiger partial charge in [0.05, 0.1) is 0 Å². The molecule has 0 bridgehead atoms. The zero-order valence-electron chi connectivity index (χ0n) is 28.8. The molecule has 53 heavy (non-hydrogen) atoms. The topological polar surface area (TPSA) is 23.6 Å². The molecule has 0 saturated heterocycles. The predicted octanol–water partition coefficient (Wildman–Crippen LogP) is 13.7. The first-order chi connectivity index (χ1) is 26.2. The maximum absolute atomic E-state index is 14.0. The van der Waals surface area contributed by atoms with Crippen LogP contribution in [0.1, 0.15) is 0 Å². The molecule has 1 aromatic heterocycles. The highest BCUT2D eigenvalue weighted by atomic mass is 32.1. The van der Waals surface area contributed by atoms with Crippen molar-refractivity contribution in [3.63, 3.8) is 0 Å². The molecule has 3 nitrogen and oxygen atoms in total. The summed E-state index contributed by atoms with van der Waals surface area (Å²) >= 11 is 1.67. The summed E-state index contributed by atoms with van der Waals surface area (Å²) in [5, 5.41) is 1.49. The molecule has 0 atom stereocenters. The summed E-state index contributed by atoms with van der Waals surface area (Å²) < 4.78 is 1.97. The number of nitrogens with zero attached hydrogens (tertiary/aromatic N) is 2. The van der Waals surface area contributed by atoms with Crippen molar-refractivity contribution in [1.29, 1.82) is 0 Å². The van der Waals surface area contributed by atoms with Crippen molar-refractivity contribution >= 4 is 65.6 Å². The predicted molar refractivity (Wildman–Crippen MR) is 226 cm³/mol. The molecule has 0 spiro atoms. The molecule has 0 saturated carbocycles. The first kappa shape index (κ1) is 32.2. The van der Waals surface area contributed by atoms with E-state index in [1.807, 2.05) is 36.4 Å². The van der Waals surface area contributed by atoms with E-state index in [2.05, 4.69) is 180 Å². The minimum Gasteiger partial charge on any atom is -0.311 e. The van der Waals surface area contributed by atoms with Gasteiger partial charge in [0.2, 0.25) is 0 Å². The Bertz CT molecular complexity index is 2630. The molecule has 9 aromatic rings. The van der Waals surface area contributed by atoms with Crippen molar-refractivity contribution in [2.75, 3.05) is 9.80 Å². The Morgan fingerprint density at radius 3 is 1.09 bits per heavy atom. The van der Waals surface area contributed by atoms with E-state index in [-0.39, 0.29) is 5.43 Å². The van der Waals surface area contributed by atoms with Gasteiger partial charge in [0.1, 0.15) is 0 Å². The van der Waals surface area contributed by atoms with E-state index in [1.165, 1.54) is 0 Å². The van der Waals surface area contributed by atoms with Gasteiger partial charge in [0, 0.05) is 54.3 Å². The van der Waals surface area contributed by atoms with Gasteiger partial charge in [0.25, 0.3) is 0 Å². The van der Waals surface area contributed by atoms with E-state index in [9.17, 15) is 4.79 Å². The third kappa shape index (κ3) is 6.37. The summed E-state index contributed by atoms with van der Waals surface area (Å²) in [6.07, 6.45) is 0. The minimum atomic E-state index is 0.0646. The summed E-state index contributed by atoms with van der Waals surface area (Å²) in [4.78, 5) is 18.5. The fourth-order valence-corrected chi connectivity index (χ4v) is 8.11. The lowest BCUT2D eigenvalue weighted by Crippen LogP contribution is -2.09. The van der Waals surface area contributed by atoms with Crippen molar-refractivity contribution in [3.05, 3.63) is 216 Å². The normalized spacial score (nSPS) is 11.1. The van der Waals surface area contributed by atoms with E-state index >= 15 is 0 Å². The van der Waals surface area contributed by atoms with Crippen molar-refractivity contribution in [2.45, 2.75) is 0 Å². The molecule has 0 amide bonds. The van der Waals surface area contributed by atoms with Crippen LogP contribution in [0.2, 0.25) is 0 Å². The standard InChI is InChI=1S/C49H34N2OS/c52-49-45-31-25-38(36-23-29-44(30-24-36)51(41-17-9-3-10-18-41)42-19-11-4-12-20-42)34-48(45)53-47-32-26-37(33-46(47)49)35-21-27-43(28-22-35)50(39-13-5-1-6-14-39)40-15-7-2-8-16-40/h1-34H. The molecule has 9 rings (SSSR count). The van der Waals surface area contributed by atoms with E-state index in [0.29, 0.717) is 0 Å². The van der Waals surface area contributed by atoms with E-state index in [0.717, 1.165) is 76.6 Å². The molecule has 0 unspecified atom stereocenters. The number of hydrogen-bond donors (Lipinski definition) is 0. The Morgan fingerprint density at radius 1 is 0.302 bits per heavy atom. The van der Waals surface area contributed by atoms with Gasteiger partial charge in [-0.05, 0) is 119 Å². The van der Waals surface area contributed by atoms with E-state index in [4.69, 9.17) is 0 Å². The number of fused-ring (bicyclic) bond motifs is 2. The first-order valence-corrected chi connectivity index (χ1v) is 18.5. The van der Waals surface area contributed by atoms with Crippen molar-refractivity contribution < 1.29 is 0 Å². The Morgan fingerprint density at radius 2 is 0.660 bits per heavy atom. The highest BCUT2D eigenvalue weighted by molar-refractivity contribution is 7.24. The highest BCUT2D eigenvalue weighted by Crippen LogP contribution is 2.38. The number of rotatable bonds is 8. The summed E-state index contributed by atoms with van der Waals surface area (Å²) in [7, 11) is 0. The third-order valence-electron chi connectivity index (χ3n) is 9.65. The Labute approximate surface area is 312 Å². The molecular formula is C49H34N2OS. The zero-order chi connectivity index (χ0) is 35.6.